The smallest absolute Gasteiger partial charge is 0.269 e. The van der Waals surface area contributed by atoms with Crippen molar-refractivity contribution in [2.24, 2.45) is 0 Å². The third-order valence-electron chi connectivity index (χ3n) is 3.00. The second-order valence-electron chi connectivity index (χ2n) is 5.28. The summed E-state index contributed by atoms with van der Waals surface area (Å²) >= 11 is 9.28. The van der Waals surface area contributed by atoms with Crippen molar-refractivity contribution in [1.29, 1.82) is 0 Å². The van der Waals surface area contributed by atoms with Gasteiger partial charge in [-0.2, -0.15) is 0 Å². The fourth-order valence-electron chi connectivity index (χ4n) is 1.72. The highest BCUT2D eigenvalue weighted by atomic mass is 79.9. The van der Waals surface area contributed by atoms with Crippen molar-refractivity contribution in [2.75, 3.05) is 5.32 Å². The van der Waals surface area contributed by atoms with Crippen LogP contribution in [-0.2, 0) is 4.79 Å². The topological polar surface area (TPSA) is 51.2 Å². The van der Waals surface area contributed by atoms with Crippen molar-refractivity contribution >= 4 is 39.3 Å². The SMILES string of the molecule is Cc1nc(NC(=O)C(C)(C)Oc2ccc(Br)cc2)ccc1Cl. The number of aryl methyl sites for hydroxylation is 1. The van der Waals surface area contributed by atoms with Crippen LogP contribution in [-0.4, -0.2) is 16.5 Å². The van der Waals surface area contributed by atoms with Crippen LogP contribution in [0, 0.1) is 6.92 Å². The van der Waals surface area contributed by atoms with Crippen molar-refractivity contribution < 1.29 is 9.53 Å². The van der Waals surface area contributed by atoms with Gasteiger partial charge in [0.1, 0.15) is 11.6 Å². The third kappa shape index (κ3) is 4.21. The molecule has 2 rings (SSSR count). The van der Waals surface area contributed by atoms with Gasteiger partial charge < -0.3 is 10.1 Å². The van der Waals surface area contributed by atoms with E-state index in [1.165, 1.54) is 0 Å². The molecule has 1 aromatic heterocycles. The van der Waals surface area contributed by atoms with Crippen LogP contribution in [0.25, 0.3) is 0 Å². The standard InChI is InChI=1S/C16H16BrClN2O2/c1-10-13(18)8-9-14(19-10)20-15(21)16(2,3)22-12-6-4-11(17)5-7-12/h4-9H,1-3H3,(H,19,20,21). The van der Waals surface area contributed by atoms with Gasteiger partial charge in [-0.25, -0.2) is 4.98 Å². The zero-order chi connectivity index (χ0) is 16.3. The van der Waals surface area contributed by atoms with E-state index in [2.05, 4.69) is 26.2 Å². The molecule has 1 N–H and O–H groups in total. The summed E-state index contributed by atoms with van der Waals surface area (Å²) in [5.74, 6) is 0.771. The van der Waals surface area contributed by atoms with E-state index in [1.807, 2.05) is 12.1 Å². The fraction of sp³-hybridized carbons (Fsp3) is 0.250. The Morgan fingerprint density at radius 1 is 1.23 bits per heavy atom. The lowest BCUT2D eigenvalue weighted by Crippen LogP contribution is -2.42. The van der Waals surface area contributed by atoms with Gasteiger partial charge in [0.2, 0.25) is 0 Å². The lowest BCUT2D eigenvalue weighted by Gasteiger charge is -2.25. The third-order valence-corrected chi connectivity index (χ3v) is 3.92. The van der Waals surface area contributed by atoms with Crippen LogP contribution in [0.5, 0.6) is 5.75 Å². The van der Waals surface area contributed by atoms with Gasteiger partial charge in [0.25, 0.3) is 5.91 Å². The number of halogens is 2. The molecule has 2 aromatic rings. The molecule has 0 radical (unpaired) electrons. The molecule has 0 fully saturated rings. The first-order valence-corrected chi connectivity index (χ1v) is 7.84. The van der Waals surface area contributed by atoms with Gasteiger partial charge in [0.05, 0.1) is 10.7 Å². The first kappa shape index (κ1) is 16.8. The zero-order valence-corrected chi connectivity index (χ0v) is 14.8. The van der Waals surface area contributed by atoms with E-state index >= 15 is 0 Å². The molecule has 6 heteroatoms. The van der Waals surface area contributed by atoms with Crippen molar-refractivity contribution in [3.05, 3.63) is 51.6 Å². The maximum atomic E-state index is 12.4. The summed E-state index contributed by atoms with van der Waals surface area (Å²) in [6, 6.07) is 10.7. The highest BCUT2D eigenvalue weighted by molar-refractivity contribution is 9.10. The highest BCUT2D eigenvalue weighted by Crippen LogP contribution is 2.22. The molecule has 0 spiro atoms. The molecule has 0 unspecified atom stereocenters. The molecule has 0 bridgehead atoms. The van der Waals surface area contributed by atoms with Crippen LogP contribution in [0.15, 0.2) is 40.9 Å². The molecule has 0 saturated carbocycles. The maximum absolute atomic E-state index is 12.4. The second-order valence-corrected chi connectivity index (χ2v) is 6.61. The van der Waals surface area contributed by atoms with E-state index in [-0.39, 0.29) is 5.91 Å². The van der Waals surface area contributed by atoms with Gasteiger partial charge in [0.15, 0.2) is 5.60 Å². The average Bonchev–Trinajstić information content (AvgIpc) is 2.45. The molecule has 0 aliphatic carbocycles. The molecule has 1 aromatic carbocycles. The summed E-state index contributed by atoms with van der Waals surface area (Å²) in [5, 5.41) is 3.30. The Morgan fingerprint density at radius 2 is 1.86 bits per heavy atom. The Kier molecular flexibility index (Phi) is 5.08. The molecule has 0 aliphatic rings. The number of nitrogens with zero attached hydrogens (tertiary/aromatic N) is 1. The summed E-state index contributed by atoms with van der Waals surface area (Å²) in [4.78, 5) is 16.6. The number of rotatable bonds is 4. The number of ether oxygens (including phenoxy) is 1. The number of pyridine rings is 1. The molecule has 22 heavy (non-hydrogen) atoms. The van der Waals surface area contributed by atoms with Gasteiger partial charge in [0, 0.05) is 4.47 Å². The number of benzene rings is 1. The molecule has 1 amide bonds. The van der Waals surface area contributed by atoms with Crippen LogP contribution < -0.4 is 10.1 Å². The van der Waals surface area contributed by atoms with Gasteiger partial charge in [-0.15, -0.1) is 0 Å². The monoisotopic (exact) mass is 382 g/mol. The number of carbonyl (C=O) groups is 1. The van der Waals surface area contributed by atoms with Crippen LogP contribution in [0.3, 0.4) is 0 Å². The normalized spacial score (nSPS) is 11.1. The number of hydrogen-bond acceptors (Lipinski definition) is 3. The van der Waals surface area contributed by atoms with Crippen LogP contribution in [0.1, 0.15) is 19.5 Å². The number of nitrogens with one attached hydrogen (secondary N) is 1. The summed E-state index contributed by atoms with van der Waals surface area (Å²) in [6.45, 7) is 5.18. The van der Waals surface area contributed by atoms with E-state index in [4.69, 9.17) is 16.3 Å². The Bertz CT molecular complexity index is 687. The average molecular weight is 384 g/mol. The lowest BCUT2D eigenvalue weighted by molar-refractivity contribution is -0.128. The highest BCUT2D eigenvalue weighted by Gasteiger charge is 2.30. The van der Waals surface area contributed by atoms with Crippen molar-refractivity contribution in [3.63, 3.8) is 0 Å². The minimum absolute atomic E-state index is 0.287. The maximum Gasteiger partial charge on any atom is 0.269 e. The summed E-state index contributed by atoms with van der Waals surface area (Å²) in [6.07, 6.45) is 0. The van der Waals surface area contributed by atoms with Gasteiger partial charge in [-0.1, -0.05) is 27.5 Å². The predicted molar refractivity (Wildman–Crippen MR) is 91.5 cm³/mol. The first-order valence-electron chi connectivity index (χ1n) is 6.67. The van der Waals surface area contributed by atoms with E-state index in [0.29, 0.717) is 22.3 Å². The van der Waals surface area contributed by atoms with Gasteiger partial charge in [-0.05, 0) is 57.2 Å². The number of amides is 1. The molecule has 0 saturated heterocycles. The molecule has 0 aliphatic heterocycles. The molecule has 116 valence electrons. The number of hydrogen-bond donors (Lipinski definition) is 1. The van der Waals surface area contributed by atoms with Crippen LogP contribution in [0.2, 0.25) is 5.02 Å². The molecule has 0 atom stereocenters. The van der Waals surface area contributed by atoms with Gasteiger partial charge >= 0.3 is 0 Å². The number of carbonyl (C=O) groups excluding carboxylic acids is 1. The minimum atomic E-state index is -1.04. The molecule has 1 heterocycles. The number of aromatic nitrogens is 1. The fourth-order valence-corrected chi connectivity index (χ4v) is 2.09. The quantitative estimate of drug-likeness (QED) is 0.839. The predicted octanol–water partition coefficient (Wildman–Crippen LogP) is 4.60. The van der Waals surface area contributed by atoms with Crippen molar-refractivity contribution in [1.82, 2.24) is 4.98 Å². The summed E-state index contributed by atoms with van der Waals surface area (Å²) in [7, 11) is 0. The zero-order valence-electron chi connectivity index (χ0n) is 12.5. The molecular formula is C16H16BrClN2O2. The molecule has 4 nitrogen and oxygen atoms in total. The Morgan fingerprint density at radius 3 is 2.45 bits per heavy atom. The van der Waals surface area contributed by atoms with E-state index < -0.39 is 5.60 Å². The lowest BCUT2D eigenvalue weighted by atomic mass is 10.1. The van der Waals surface area contributed by atoms with Crippen molar-refractivity contribution in [2.45, 2.75) is 26.4 Å². The first-order chi connectivity index (χ1) is 10.3. The number of anilines is 1. The van der Waals surface area contributed by atoms with Crippen LogP contribution in [0.4, 0.5) is 5.82 Å². The minimum Gasteiger partial charge on any atom is -0.478 e. The summed E-state index contributed by atoms with van der Waals surface area (Å²) in [5.41, 5.74) is -0.380. The Balaban J connectivity index is 2.09. The Hall–Kier alpha value is -1.59. The second kappa shape index (κ2) is 6.67. The largest absolute Gasteiger partial charge is 0.478 e. The van der Waals surface area contributed by atoms with E-state index in [1.54, 1.807) is 45.0 Å². The summed E-state index contributed by atoms with van der Waals surface area (Å²) < 4.78 is 6.71. The molecular weight excluding hydrogens is 368 g/mol. The van der Waals surface area contributed by atoms with E-state index in [0.717, 1.165) is 4.47 Å². The Labute approximate surface area is 143 Å². The van der Waals surface area contributed by atoms with Gasteiger partial charge in [-0.3, -0.25) is 4.79 Å². The van der Waals surface area contributed by atoms with E-state index in [9.17, 15) is 4.79 Å². The van der Waals surface area contributed by atoms with Crippen molar-refractivity contribution in [3.8, 4) is 5.75 Å². The van der Waals surface area contributed by atoms with Crippen LogP contribution >= 0.6 is 27.5 Å².